The van der Waals surface area contributed by atoms with Gasteiger partial charge in [-0.05, 0) is 37.3 Å². The average Bonchev–Trinajstić information content (AvgIpc) is 2.96. The molecule has 96 valence electrons. The predicted molar refractivity (Wildman–Crippen MR) is 69.6 cm³/mol. The molecule has 0 radical (unpaired) electrons. The van der Waals surface area contributed by atoms with E-state index in [1.807, 2.05) is 12.1 Å². The van der Waals surface area contributed by atoms with Gasteiger partial charge in [-0.1, -0.05) is 13.8 Å². The first-order valence-electron chi connectivity index (χ1n) is 6.67. The summed E-state index contributed by atoms with van der Waals surface area (Å²) in [4.78, 5) is 2.48. The third kappa shape index (κ3) is 4.17. The van der Waals surface area contributed by atoms with E-state index in [1.165, 1.54) is 12.8 Å². The van der Waals surface area contributed by atoms with Gasteiger partial charge in [0.05, 0.1) is 12.8 Å². The summed E-state index contributed by atoms with van der Waals surface area (Å²) in [6.07, 6.45) is 5.47. The monoisotopic (exact) mass is 236 g/mol. The average molecular weight is 236 g/mol. The van der Waals surface area contributed by atoms with Crippen molar-refractivity contribution in [3.63, 3.8) is 0 Å². The molecule has 1 aromatic rings. The minimum Gasteiger partial charge on any atom is -0.468 e. The van der Waals surface area contributed by atoms with Crippen LogP contribution in [0.2, 0.25) is 0 Å². The zero-order valence-corrected chi connectivity index (χ0v) is 10.9. The Hall–Kier alpha value is -0.800. The van der Waals surface area contributed by atoms with E-state index in [9.17, 15) is 0 Å². The molecule has 1 aliphatic carbocycles. The lowest BCUT2D eigenvalue weighted by Gasteiger charge is -2.25. The fourth-order valence-electron chi connectivity index (χ4n) is 2.37. The van der Waals surface area contributed by atoms with E-state index in [4.69, 9.17) is 10.2 Å². The van der Waals surface area contributed by atoms with Gasteiger partial charge in [0, 0.05) is 18.6 Å². The Morgan fingerprint density at radius 1 is 1.47 bits per heavy atom. The number of nitrogens with zero attached hydrogens (tertiary/aromatic N) is 1. The van der Waals surface area contributed by atoms with Crippen molar-refractivity contribution in [3.05, 3.63) is 24.2 Å². The molecule has 2 N–H and O–H groups in total. The molecule has 1 saturated carbocycles. The van der Waals surface area contributed by atoms with E-state index in [0.717, 1.165) is 31.3 Å². The van der Waals surface area contributed by atoms with Gasteiger partial charge in [0.25, 0.3) is 0 Å². The minimum absolute atomic E-state index is 0.283. The molecule has 0 aromatic carbocycles. The van der Waals surface area contributed by atoms with Crippen LogP contribution < -0.4 is 5.73 Å². The summed E-state index contributed by atoms with van der Waals surface area (Å²) >= 11 is 0. The van der Waals surface area contributed by atoms with Crippen LogP contribution in [0, 0.1) is 5.92 Å². The molecule has 1 heterocycles. The normalized spacial score (nSPS) is 17.9. The third-order valence-corrected chi connectivity index (χ3v) is 3.25. The van der Waals surface area contributed by atoms with Crippen molar-refractivity contribution in [1.82, 2.24) is 4.90 Å². The quantitative estimate of drug-likeness (QED) is 0.791. The van der Waals surface area contributed by atoms with Crippen molar-refractivity contribution in [1.29, 1.82) is 0 Å². The fraction of sp³-hybridized carbons (Fsp3) is 0.714. The van der Waals surface area contributed by atoms with E-state index >= 15 is 0 Å². The Morgan fingerprint density at radius 3 is 2.76 bits per heavy atom. The van der Waals surface area contributed by atoms with Crippen LogP contribution in [0.3, 0.4) is 0 Å². The van der Waals surface area contributed by atoms with Crippen molar-refractivity contribution in [2.24, 2.45) is 11.7 Å². The highest BCUT2D eigenvalue weighted by atomic mass is 16.3. The highest BCUT2D eigenvalue weighted by Gasteiger charge is 2.30. The first kappa shape index (κ1) is 12.7. The van der Waals surface area contributed by atoms with Crippen LogP contribution in [-0.4, -0.2) is 23.5 Å². The Kier molecular flexibility index (Phi) is 4.24. The summed E-state index contributed by atoms with van der Waals surface area (Å²) in [5, 5.41) is 0. The summed E-state index contributed by atoms with van der Waals surface area (Å²) in [5.74, 6) is 1.73. The molecule has 0 bridgehead atoms. The van der Waals surface area contributed by atoms with Gasteiger partial charge >= 0.3 is 0 Å². The summed E-state index contributed by atoms with van der Waals surface area (Å²) in [7, 11) is 0. The van der Waals surface area contributed by atoms with Crippen molar-refractivity contribution < 1.29 is 4.42 Å². The van der Waals surface area contributed by atoms with Crippen molar-refractivity contribution in [2.45, 2.75) is 51.7 Å². The molecule has 1 unspecified atom stereocenters. The zero-order chi connectivity index (χ0) is 12.3. The molecule has 2 rings (SSSR count). The SMILES string of the molecule is CC(C)CC(N)CN(Cc1ccco1)C1CC1. The molecule has 0 aliphatic heterocycles. The van der Waals surface area contributed by atoms with E-state index in [-0.39, 0.29) is 6.04 Å². The van der Waals surface area contributed by atoms with Crippen molar-refractivity contribution in [2.75, 3.05) is 6.54 Å². The van der Waals surface area contributed by atoms with Crippen LogP contribution in [0.4, 0.5) is 0 Å². The Labute approximate surface area is 104 Å². The Balaban J connectivity index is 1.84. The smallest absolute Gasteiger partial charge is 0.117 e. The second-order valence-electron chi connectivity index (χ2n) is 5.63. The van der Waals surface area contributed by atoms with E-state index in [0.29, 0.717) is 5.92 Å². The van der Waals surface area contributed by atoms with Gasteiger partial charge < -0.3 is 10.2 Å². The molecule has 17 heavy (non-hydrogen) atoms. The number of rotatable bonds is 7. The number of hydrogen-bond acceptors (Lipinski definition) is 3. The maximum absolute atomic E-state index is 6.20. The van der Waals surface area contributed by atoms with Crippen LogP contribution in [0.25, 0.3) is 0 Å². The number of hydrogen-bond donors (Lipinski definition) is 1. The van der Waals surface area contributed by atoms with E-state index in [1.54, 1.807) is 6.26 Å². The largest absolute Gasteiger partial charge is 0.468 e. The van der Waals surface area contributed by atoms with Gasteiger partial charge in [-0.2, -0.15) is 0 Å². The Morgan fingerprint density at radius 2 is 2.24 bits per heavy atom. The van der Waals surface area contributed by atoms with Gasteiger partial charge in [0.15, 0.2) is 0 Å². The molecule has 0 spiro atoms. The summed E-state index contributed by atoms with van der Waals surface area (Å²) < 4.78 is 5.42. The second-order valence-corrected chi connectivity index (χ2v) is 5.63. The topological polar surface area (TPSA) is 42.4 Å². The van der Waals surface area contributed by atoms with Crippen LogP contribution in [-0.2, 0) is 6.54 Å². The van der Waals surface area contributed by atoms with E-state index < -0.39 is 0 Å². The van der Waals surface area contributed by atoms with Crippen LogP contribution in [0.5, 0.6) is 0 Å². The van der Waals surface area contributed by atoms with Gasteiger partial charge in [0.1, 0.15) is 5.76 Å². The van der Waals surface area contributed by atoms with Crippen LogP contribution in [0.1, 0.15) is 38.9 Å². The number of nitrogens with two attached hydrogens (primary N) is 1. The van der Waals surface area contributed by atoms with Crippen molar-refractivity contribution in [3.8, 4) is 0 Å². The summed E-state index contributed by atoms with van der Waals surface area (Å²) in [6, 6.07) is 5.02. The Bertz CT molecular complexity index is 317. The van der Waals surface area contributed by atoms with Gasteiger partial charge in [-0.15, -0.1) is 0 Å². The van der Waals surface area contributed by atoms with Gasteiger partial charge in [-0.3, -0.25) is 4.90 Å². The minimum atomic E-state index is 0.283. The van der Waals surface area contributed by atoms with Crippen molar-refractivity contribution >= 4 is 0 Å². The lowest BCUT2D eigenvalue weighted by Crippen LogP contribution is -2.39. The zero-order valence-electron chi connectivity index (χ0n) is 10.9. The van der Waals surface area contributed by atoms with Gasteiger partial charge in [-0.25, -0.2) is 0 Å². The summed E-state index contributed by atoms with van der Waals surface area (Å²) in [5.41, 5.74) is 6.20. The molecule has 1 atom stereocenters. The highest BCUT2D eigenvalue weighted by Crippen LogP contribution is 2.28. The molecule has 0 amide bonds. The van der Waals surface area contributed by atoms with E-state index in [2.05, 4.69) is 18.7 Å². The fourth-order valence-corrected chi connectivity index (χ4v) is 2.37. The maximum atomic E-state index is 6.20. The predicted octanol–water partition coefficient (Wildman–Crippen LogP) is 2.62. The first-order valence-corrected chi connectivity index (χ1v) is 6.67. The molecule has 1 fully saturated rings. The van der Waals surface area contributed by atoms with Crippen LogP contribution >= 0.6 is 0 Å². The molecule has 0 saturated heterocycles. The maximum Gasteiger partial charge on any atom is 0.117 e. The standard InChI is InChI=1S/C14H24N2O/c1-11(2)8-12(15)9-16(13-5-6-13)10-14-4-3-7-17-14/h3-4,7,11-13H,5-6,8-10,15H2,1-2H3. The lowest BCUT2D eigenvalue weighted by molar-refractivity contribution is 0.212. The molecular formula is C14H24N2O. The molecule has 3 heteroatoms. The molecule has 3 nitrogen and oxygen atoms in total. The van der Waals surface area contributed by atoms with Crippen LogP contribution in [0.15, 0.2) is 22.8 Å². The first-order chi connectivity index (χ1) is 8.15. The molecule has 1 aromatic heterocycles. The lowest BCUT2D eigenvalue weighted by atomic mass is 10.0. The molecule has 1 aliphatic rings. The summed E-state index contributed by atoms with van der Waals surface area (Å²) in [6.45, 7) is 6.36. The second kappa shape index (κ2) is 5.69. The third-order valence-electron chi connectivity index (χ3n) is 3.25. The molecular weight excluding hydrogens is 212 g/mol. The number of furan rings is 1. The van der Waals surface area contributed by atoms with Gasteiger partial charge in [0.2, 0.25) is 0 Å². The highest BCUT2D eigenvalue weighted by molar-refractivity contribution is 5.00.